The first-order chi connectivity index (χ1) is 7.18. The van der Waals surface area contributed by atoms with Crippen molar-refractivity contribution in [1.82, 2.24) is 0 Å². The van der Waals surface area contributed by atoms with E-state index in [0.717, 1.165) is 0 Å². The van der Waals surface area contributed by atoms with Gasteiger partial charge in [-0.25, -0.2) is 0 Å². The number of hydrogen-bond donors (Lipinski definition) is 1. The fraction of sp³-hybridized carbons (Fsp3) is 0.273. The molecule has 0 bridgehead atoms. The molecule has 0 unspecified atom stereocenters. The van der Waals surface area contributed by atoms with E-state index in [1.54, 1.807) is 0 Å². The van der Waals surface area contributed by atoms with E-state index in [9.17, 15) is 4.79 Å². The first-order valence-corrected chi connectivity index (χ1v) is 6.49. The van der Waals surface area contributed by atoms with Crippen molar-refractivity contribution >= 4 is 30.2 Å². The molecule has 0 atom stereocenters. The van der Waals surface area contributed by atoms with Gasteiger partial charge in [0.25, 0.3) is 0 Å². The van der Waals surface area contributed by atoms with Crippen LogP contribution in [0.4, 0.5) is 0 Å². The Kier molecular flexibility index (Phi) is 2.89. The summed E-state index contributed by atoms with van der Waals surface area (Å²) in [5, 5.41) is 8.68. The summed E-state index contributed by atoms with van der Waals surface area (Å²) in [6, 6.07) is 8.23. The molecule has 0 aliphatic carbocycles. The molecule has 1 aromatic carbocycles. The van der Waals surface area contributed by atoms with E-state index in [1.165, 1.54) is 14.3 Å². The van der Waals surface area contributed by atoms with Gasteiger partial charge in [-0.3, -0.25) is 0 Å². The third-order valence-corrected chi connectivity index (χ3v) is 4.61. The predicted octanol–water partition coefficient (Wildman–Crippen LogP) is 0.967. The SMILES string of the molecule is Cc1[se]c2ccccc2[n+]1CCC(=O)O. The van der Waals surface area contributed by atoms with Gasteiger partial charge in [0.1, 0.15) is 0 Å². The van der Waals surface area contributed by atoms with Crippen LogP contribution in [0, 0.1) is 6.92 Å². The maximum absolute atomic E-state index is 10.5. The van der Waals surface area contributed by atoms with Crippen LogP contribution in [0.15, 0.2) is 24.3 Å². The zero-order chi connectivity index (χ0) is 10.8. The Morgan fingerprint density at radius 3 is 2.93 bits per heavy atom. The number of carbonyl (C=O) groups is 1. The third kappa shape index (κ3) is 2.11. The average Bonchev–Trinajstić information content (AvgIpc) is 2.50. The summed E-state index contributed by atoms with van der Waals surface area (Å²) in [6.45, 7) is 2.67. The van der Waals surface area contributed by atoms with Crippen molar-refractivity contribution in [2.45, 2.75) is 19.9 Å². The van der Waals surface area contributed by atoms with E-state index in [1.807, 2.05) is 12.1 Å². The summed E-state index contributed by atoms with van der Waals surface area (Å²) < 4.78 is 4.78. The van der Waals surface area contributed by atoms with Crippen molar-refractivity contribution in [1.29, 1.82) is 0 Å². The molecule has 0 amide bonds. The summed E-state index contributed by atoms with van der Waals surface area (Å²) in [7, 11) is 0. The Balaban J connectivity index is 2.40. The number of aryl methyl sites for hydroxylation is 2. The summed E-state index contributed by atoms with van der Waals surface area (Å²) >= 11 is 0.370. The van der Waals surface area contributed by atoms with Crippen molar-refractivity contribution in [3.8, 4) is 0 Å². The van der Waals surface area contributed by atoms with Crippen molar-refractivity contribution in [2.24, 2.45) is 0 Å². The number of hydrogen-bond acceptors (Lipinski definition) is 1. The number of aromatic nitrogens is 1. The molecule has 1 heterocycles. The molecular weight excluding hydrogens is 257 g/mol. The van der Waals surface area contributed by atoms with Gasteiger partial charge < -0.3 is 0 Å². The minimum atomic E-state index is -0.736. The fourth-order valence-electron chi connectivity index (χ4n) is 1.64. The molecule has 0 radical (unpaired) electrons. The topological polar surface area (TPSA) is 41.2 Å². The molecule has 0 saturated heterocycles. The van der Waals surface area contributed by atoms with Crippen LogP contribution < -0.4 is 4.57 Å². The van der Waals surface area contributed by atoms with E-state index in [0.29, 0.717) is 21.0 Å². The molecule has 78 valence electrons. The van der Waals surface area contributed by atoms with Crippen LogP contribution in [0.2, 0.25) is 0 Å². The second kappa shape index (κ2) is 4.17. The second-order valence-corrected chi connectivity index (χ2v) is 5.97. The van der Waals surface area contributed by atoms with Gasteiger partial charge in [0.15, 0.2) is 0 Å². The van der Waals surface area contributed by atoms with Crippen LogP contribution in [0.25, 0.3) is 9.78 Å². The molecule has 0 spiro atoms. The van der Waals surface area contributed by atoms with Crippen LogP contribution >= 0.6 is 0 Å². The van der Waals surface area contributed by atoms with Crippen LogP contribution in [-0.2, 0) is 11.3 Å². The molecule has 15 heavy (non-hydrogen) atoms. The van der Waals surface area contributed by atoms with Crippen LogP contribution in [0.3, 0.4) is 0 Å². The molecule has 1 aromatic heterocycles. The van der Waals surface area contributed by atoms with Crippen molar-refractivity contribution in [2.75, 3.05) is 0 Å². The number of carboxylic acids is 1. The predicted molar refractivity (Wildman–Crippen MR) is 58.1 cm³/mol. The Morgan fingerprint density at radius 1 is 1.47 bits per heavy atom. The van der Waals surface area contributed by atoms with Gasteiger partial charge in [0, 0.05) is 0 Å². The molecule has 2 aromatic rings. The number of para-hydroxylation sites is 1. The van der Waals surface area contributed by atoms with Crippen molar-refractivity contribution in [3.63, 3.8) is 0 Å². The Bertz CT molecular complexity index is 504. The van der Waals surface area contributed by atoms with E-state index in [4.69, 9.17) is 5.11 Å². The van der Waals surface area contributed by atoms with Gasteiger partial charge in [0.05, 0.1) is 0 Å². The number of benzene rings is 1. The maximum atomic E-state index is 10.5. The molecular formula is C11H12NO2Se+. The molecule has 4 heteroatoms. The van der Waals surface area contributed by atoms with Gasteiger partial charge >= 0.3 is 93.4 Å². The van der Waals surface area contributed by atoms with E-state index >= 15 is 0 Å². The number of fused-ring (bicyclic) bond motifs is 1. The molecule has 1 N–H and O–H groups in total. The zero-order valence-corrected chi connectivity index (χ0v) is 10.1. The average molecular weight is 269 g/mol. The molecule has 0 aliphatic heterocycles. The van der Waals surface area contributed by atoms with Crippen molar-refractivity contribution < 1.29 is 14.5 Å². The third-order valence-electron chi connectivity index (χ3n) is 2.34. The number of rotatable bonds is 3. The van der Waals surface area contributed by atoms with E-state index in [2.05, 4.69) is 23.6 Å². The summed E-state index contributed by atoms with van der Waals surface area (Å²) in [4.78, 5) is 10.5. The fourth-order valence-corrected chi connectivity index (χ4v) is 3.83. The summed E-state index contributed by atoms with van der Waals surface area (Å²) in [5.74, 6) is -0.736. The Morgan fingerprint density at radius 2 is 2.20 bits per heavy atom. The normalized spacial score (nSPS) is 10.7. The van der Waals surface area contributed by atoms with Crippen molar-refractivity contribution in [3.05, 3.63) is 28.8 Å². The standard InChI is InChI=1S/C11H11NO2Se/c1-8-12(7-6-11(13)14)9-4-2-3-5-10(9)15-8/h2-5H,6-7H2,1H3/p+1. The molecule has 3 nitrogen and oxygen atoms in total. The van der Waals surface area contributed by atoms with Crippen LogP contribution in [-0.4, -0.2) is 25.6 Å². The first-order valence-electron chi connectivity index (χ1n) is 4.78. The summed E-state index contributed by atoms with van der Waals surface area (Å²) in [5.41, 5.74) is 1.19. The minimum absolute atomic E-state index is 0.196. The number of aliphatic carboxylic acids is 1. The van der Waals surface area contributed by atoms with E-state index < -0.39 is 5.97 Å². The van der Waals surface area contributed by atoms with Crippen LogP contribution in [0.1, 0.15) is 11.0 Å². The number of carboxylic acid groups (broad SMARTS) is 1. The van der Waals surface area contributed by atoms with Gasteiger partial charge in [-0.2, -0.15) is 0 Å². The second-order valence-electron chi connectivity index (χ2n) is 3.38. The van der Waals surface area contributed by atoms with Gasteiger partial charge in [0.2, 0.25) is 0 Å². The van der Waals surface area contributed by atoms with Gasteiger partial charge in [-0.15, -0.1) is 0 Å². The van der Waals surface area contributed by atoms with E-state index in [-0.39, 0.29) is 6.42 Å². The molecule has 2 rings (SSSR count). The van der Waals surface area contributed by atoms with Gasteiger partial charge in [-0.1, -0.05) is 0 Å². The van der Waals surface area contributed by atoms with Crippen LogP contribution in [0.5, 0.6) is 0 Å². The monoisotopic (exact) mass is 270 g/mol. The molecule has 0 fully saturated rings. The zero-order valence-electron chi connectivity index (χ0n) is 8.43. The first kappa shape index (κ1) is 10.4. The quantitative estimate of drug-likeness (QED) is 0.666. The van der Waals surface area contributed by atoms with Gasteiger partial charge in [-0.05, 0) is 0 Å². The molecule has 0 saturated carbocycles. The Labute approximate surface area is 93.7 Å². The summed E-state index contributed by atoms with van der Waals surface area (Å²) in [6.07, 6.45) is 0.196. The Hall–Kier alpha value is -1.12. The molecule has 0 aliphatic rings. The number of nitrogens with zero attached hydrogens (tertiary/aromatic N) is 1.